The van der Waals surface area contributed by atoms with E-state index in [9.17, 15) is 9.50 Å². The molecule has 1 aromatic rings. The molecule has 1 nitrogen and oxygen atoms in total. The maximum atomic E-state index is 12.9. The Labute approximate surface area is 122 Å². The number of hydrogen-bond donors (Lipinski definition) is 1. The molecule has 0 spiro atoms. The minimum Gasteiger partial charge on any atom is -0.390 e. The van der Waals surface area contributed by atoms with Gasteiger partial charge in [-0.3, -0.25) is 0 Å². The Morgan fingerprint density at radius 3 is 2.25 bits per heavy atom. The van der Waals surface area contributed by atoms with Gasteiger partial charge >= 0.3 is 0 Å². The molecule has 2 heteroatoms. The summed E-state index contributed by atoms with van der Waals surface area (Å²) in [6, 6.07) is 6.53. The van der Waals surface area contributed by atoms with Crippen LogP contribution in [0.4, 0.5) is 4.39 Å². The summed E-state index contributed by atoms with van der Waals surface area (Å²) in [6.07, 6.45) is 5.74. The zero-order valence-electron chi connectivity index (χ0n) is 13.0. The quantitative estimate of drug-likeness (QED) is 0.844. The lowest BCUT2D eigenvalue weighted by molar-refractivity contribution is -0.0276. The smallest absolute Gasteiger partial charge is 0.123 e. The highest BCUT2D eigenvalue weighted by atomic mass is 19.1. The minimum atomic E-state index is -0.599. The predicted molar refractivity (Wildman–Crippen MR) is 81.1 cm³/mol. The highest BCUT2D eigenvalue weighted by Crippen LogP contribution is 2.44. The third-order valence-electron chi connectivity index (χ3n) is 5.38. The van der Waals surface area contributed by atoms with E-state index >= 15 is 0 Å². The van der Waals surface area contributed by atoms with Crippen molar-refractivity contribution in [1.82, 2.24) is 0 Å². The van der Waals surface area contributed by atoms with Crippen molar-refractivity contribution in [3.05, 3.63) is 35.6 Å². The van der Waals surface area contributed by atoms with Gasteiger partial charge in [0.05, 0.1) is 5.60 Å². The van der Waals surface area contributed by atoms with Crippen molar-refractivity contribution in [3.63, 3.8) is 0 Å². The van der Waals surface area contributed by atoms with Crippen molar-refractivity contribution in [1.29, 1.82) is 0 Å². The van der Waals surface area contributed by atoms with Gasteiger partial charge in [-0.2, -0.15) is 0 Å². The van der Waals surface area contributed by atoms with Crippen LogP contribution in [0.2, 0.25) is 0 Å². The van der Waals surface area contributed by atoms with E-state index in [4.69, 9.17) is 0 Å². The molecule has 0 aromatic heterocycles. The molecule has 0 unspecified atom stereocenters. The Kier molecular flexibility index (Phi) is 4.53. The Morgan fingerprint density at radius 2 is 1.75 bits per heavy atom. The number of rotatable bonds is 4. The van der Waals surface area contributed by atoms with Crippen molar-refractivity contribution in [2.75, 3.05) is 0 Å². The Hall–Kier alpha value is -0.890. The van der Waals surface area contributed by atoms with E-state index in [2.05, 4.69) is 20.8 Å². The van der Waals surface area contributed by atoms with Crippen LogP contribution in [0.3, 0.4) is 0 Å². The summed E-state index contributed by atoms with van der Waals surface area (Å²) >= 11 is 0. The summed E-state index contributed by atoms with van der Waals surface area (Å²) in [5.74, 6) is 0.495. The van der Waals surface area contributed by atoms with Crippen LogP contribution >= 0.6 is 0 Å². The van der Waals surface area contributed by atoms with Gasteiger partial charge in [0, 0.05) is 6.42 Å². The molecule has 1 aliphatic rings. The van der Waals surface area contributed by atoms with E-state index in [-0.39, 0.29) is 5.82 Å². The molecular formula is C18H27FO. The van der Waals surface area contributed by atoms with Crippen LogP contribution in [-0.4, -0.2) is 10.7 Å². The first-order valence-corrected chi connectivity index (χ1v) is 7.81. The molecule has 112 valence electrons. The fourth-order valence-corrected chi connectivity index (χ4v) is 3.38. The monoisotopic (exact) mass is 278 g/mol. The van der Waals surface area contributed by atoms with Gasteiger partial charge in [0.1, 0.15) is 5.82 Å². The molecule has 1 aromatic carbocycles. The van der Waals surface area contributed by atoms with Crippen molar-refractivity contribution in [2.45, 2.75) is 64.9 Å². The molecule has 1 fully saturated rings. The Bertz CT molecular complexity index is 427. The van der Waals surface area contributed by atoms with Crippen LogP contribution in [0.5, 0.6) is 0 Å². The average molecular weight is 278 g/mol. The molecule has 1 saturated carbocycles. The molecule has 0 atom stereocenters. The fraction of sp³-hybridized carbons (Fsp3) is 0.667. The lowest BCUT2D eigenvalue weighted by Crippen LogP contribution is -2.39. The zero-order chi connectivity index (χ0) is 14.8. The second-order valence-corrected chi connectivity index (χ2v) is 7.14. The summed E-state index contributed by atoms with van der Waals surface area (Å²) in [7, 11) is 0. The van der Waals surface area contributed by atoms with Crippen LogP contribution in [0, 0.1) is 17.2 Å². The second-order valence-electron chi connectivity index (χ2n) is 7.14. The van der Waals surface area contributed by atoms with Crippen molar-refractivity contribution in [2.24, 2.45) is 11.3 Å². The van der Waals surface area contributed by atoms with Gasteiger partial charge in [0.25, 0.3) is 0 Å². The number of hydrogen-bond acceptors (Lipinski definition) is 1. The first kappa shape index (κ1) is 15.5. The molecule has 1 N–H and O–H groups in total. The summed E-state index contributed by atoms with van der Waals surface area (Å²) in [4.78, 5) is 0. The van der Waals surface area contributed by atoms with E-state index in [1.165, 1.54) is 18.6 Å². The van der Waals surface area contributed by atoms with E-state index < -0.39 is 5.60 Å². The molecule has 1 aliphatic carbocycles. The first-order valence-electron chi connectivity index (χ1n) is 7.81. The van der Waals surface area contributed by atoms with Gasteiger partial charge in [-0.15, -0.1) is 0 Å². The van der Waals surface area contributed by atoms with Gasteiger partial charge in [-0.05, 0) is 54.7 Å². The summed E-state index contributed by atoms with van der Waals surface area (Å²) < 4.78 is 12.9. The standard InChI is InChI=1S/C18H27FO/c1-4-17(2,3)15-9-11-18(20,12-10-15)13-14-5-7-16(19)8-6-14/h5-8,15,20H,4,9-13H2,1-3H3. The van der Waals surface area contributed by atoms with E-state index in [1.54, 1.807) is 12.1 Å². The zero-order valence-corrected chi connectivity index (χ0v) is 13.0. The molecule has 0 radical (unpaired) electrons. The van der Waals surface area contributed by atoms with Gasteiger partial charge in [0.2, 0.25) is 0 Å². The highest BCUT2D eigenvalue weighted by Gasteiger charge is 2.38. The maximum absolute atomic E-state index is 12.9. The summed E-state index contributed by atoms with van der Waals surface area (Å²) in [5, 5.41) is 10.8. The number of aliphatic hydroxyl groups is 1. The number of halogens is 1. The van der Waals surface area contributed by atoms with Crippen molar-refractivity contribution >= 4 is 0 Å². The second kappa shape index (κ2) is 5.85. The van der Waals surface area contributed by atoms with Crippen LogP contribution < -0.4 is 0 Å². The fourth-order valence-electron chi connectivity index (χ4n) is 3.38. The minimum absolute atomic E-state index is 0.214. The third-order valence-corrected chi connectivity index (χ3v) is 5.38. The van der Waals surface area contributed by atoms with E-state index in [0.29, 0.717) is 17.8 Å². The van der Waals surface area contributed by atoms with Crippen molar-refractivity contribution in [3.8, 4) is 0 Å². The first-order chi connectivity index (χ1) is 9.35. The van der Waals surface area contributed by atoms with Gasteiger partial charge in [-0.1, -0.05) is 39.3 Å². The van der Waals surface area contributed by atoms with Crippen LogP contribution in [0.15, 0.2) is 24.3 Å². The normalized spacial score (nSPS) is 27.6. The molecular weight excluding hydrogens is 251 g/mol. The molecule has 20 heavy (non-hydrogen) atoms. The molecule has 2 rings (SSSR count). The van der Waals surface area contributed by atoms with Gasteiger partial charge < -0.3 is 5.11 Å². The van der Waals surface area contributed by atoms with Gasteiger partial charge in [0.15, 0.2) is 0 Å². The van der Waals surface area contributed by atoms with Crippen molar-refractivity contribution < 1.29 is 9.50 Å². The van der Waals surface area contributed by atoms with E-state index in [0.717, 1.165) is 31.2 Å². The highest BCUT2D eigenvalue weighted by molar-refractivity contribution is 5.18. The third kappa shape index (κ3) is 3.60. The lowest BCUT2D eigenvalue weighted by Gasteiger charge is -2.42. The molecule has 0 heterocycles. The number of benzene rings is 1. The maximum Gasteiger partial charge on any atom is 0.123 e. The molecule has 0 aliphatic heterocycles. The Balaban J connectivity index is 1.96. The SMILES string of the molecule is CCC(C)(C)C1CCC(O)(Cc2ccc(F)cc2)CC1. The van der Waals surface area contributed by atoms with Crippen LogP contribution in [0.1, 0.15) is 58.4 Å². The summed E-state index contributed by atoms with van der Waals surface area (Å²) in [6.45, 7) is 6.92. The van der Waals surface area contributed by atoms with Crippen LogP contribution in [-0.2, 0) is 6.42 Å². The Morgan fingerprint density at radius 1 is 1.20 bits per heavy atom. The lowest BCUT2D eigenvalue weighted by atomic mass is 9.65. The molecule has 0 saturated heterocycles. The average Bonchev–Trinajstić information content (AvgIpc) is 2.42. The summed E-state index contributed by atoms with van der Waals surface area (Å²) in [5.41, 5.74) is 0.803. The van der Waals surface area contributed by atoms with Crippen LogP contribution in [0.25, 0.3) is 0 Å². The van der Waals surface area contributed by atoms with E-state index in [1.807, 2.05) is 0 Å². The molecule has 0 bridgehead atoms. The largest absolute Gasteiger partial charge is 0.390 e. The predicted octanol–water partition coefficient (Wildman–Crippen LogP) is 4.73. The molecule has 0 amide bonds. The topological polar surface area (TPSA) is 20.2 Å². The van der Waals surface area contributed by atoms with Gasteiger partial charge in [-0.25, -0.2) is 4.39 Å².